The van der Waals surface area contributed by atoms with Crippen molar-refractivity contribution in [2.75, 3.05) is 26.5 Å². The first-order valence-corrected chi connectivity index (χ1v) is 11.7. The third-order valence-electron chi connectivity index (χ3n) is 5.90. The van der Waals surface area contributed by atoms with Gasteiger partial charge in [-0.1, -0.05) is 54.2 Å². The molecule has 0 spiro atoms. The van der Waals surface area contributed by atoms with Gasteiger partial charge in [-0.3, -0.25) is 4.79 Å². The van der Waals surface area contributed by atoms with E-state index in [1.807, 2.05) is 59.5 Å². The number of hydrogen-bond donors (Lipinski definition) is 0. The molecule has 1 aliphatic rings. The average Bonchev–Trinajstić information content (AvgIpc) is 3.29. The highest BCUT2D eigenvalue weighted by atomic mass is 32.2. The minimum atomic E-state index is -0.202. The summed E-state index contributed by atoms with van der Waals surface area (Å²) in [5.41, 5.74) is 4.80. The van der Waals surface area contributed by atoms with Gasteiger partial charge in [-0.15, -0.1) is 0 Å². The normalized spacial score (nSPS) is 15.3. The average molecular weight is 461 g/mol. The maximum absolute atomic E-state index is 13.4. The number of ether oxygens (including phenoxy) is 2. The first kappa shape index (κ1) is 21.4. The summed E-state index contributed by atoms with van der Waals surface area (Å²) in [6, 6.07) is 21.5. The highest BCUT2D eigenvalue weighted by Crippen LogP contribution is 2.41. The summed E-state index contributed by atoms with van der Waals surface area (Å²) >= 11 is 1.33. The number of amides is 1. The number of carbonyl (C=O) groups is 1. The second-order valence-corrected chi connectivity index (χ2v) is 8.72. The molecule has 0 radical (unpaired) electrons. The van der Waals surface area contributed by atoms with Crippen LogP contribution in [0.4, 0.5) is 0 Å². The molecule has 0 saturated heterocycles. The summed E-state index contributed by atoms with van der Waals surface area (Å²) in [5.74, 6) is 1.65. The van der Waals surface area contributed by atoms with Gasteiger partial charge in [0.1, 0.15) is 5.52 Å². The lowest BCUT2D eigenvalue weighted by Crippen LogP contribution is -2.41. The molecule has 4 aromatic rings. The molecule has 1 amide bonds. The number of nitrogens with zero attached hydrogens (tertiary/aromatic N) is 2. The molecule has 7 heteroatoms. The van der Waals surface area contributed by atoms with Crippen molar-refractivity contribution in [3.63, 3.8) is 0 Å². The topological polar surface area (TPSA) is 64.8 Å². The van der Waals surface area contributed by atoms with Crippen LogP contribution in [0.15, 0.2) is 76.4 Å². The van der Waals surface area contributed by atoms with E-state index < -0.39 is 0 Å². The Labute approximate surface area is 196 Å². The number of para-hydroxylation sites is 2. The summed E-state index contributed by atoms with van der Waals surface area (Å²) in [6.45, 7) is 0.620. The highest BCUT2D eigenvalue weighted by molar-refractivity contribution is 7.99. The Kier molecular flexibility index (Phi) is 5.96. The van der Waals surface area contributed by atoms with Crippen molar-refractivity contribution in [1.29, 1.82) is 0 Å². The fourth-order valence-electron chi connectivity index (χ4n) is 4.33. The number of methoxy groups -OCH3 is 2. The lowest BCUT2D eigenvalue weighted by molar-refractivity contribution is -0.130. The molecule has 5 rings (SSSR count). The Morgan fingerprint density at radius 2 is 1.79 bits per heavy atom. The quantitative estimate of drug-likeness (QED) is 0.373. The van der Waals surface area contributed by atoms with Crippen molar-refractivity contribution in [1.82, 2.24) is 9.88 Å². The molecule has 6 nitrogen and oxygen atoms in total. The first-order chi connectivity index (χ1) is 16.2. The molecule has 0 aliphatic carbocycles. The van der Waals surface area contributed by atoms with Gasteiger partial charge in [-0.25, -0.2) is 4.98 Å². The molecule has 0 N–H and O–H groups in total. The van der Waals surface area contributed by atoms with Crippen molar-refractivity contribution in [2.45, 2.75) is 17.7 Å². The zero-order valence-electron chi connectivity index (χ0n) is 18.5. The summed E-state index contributed by atoms with van der Waals surface area (Å²) in [4.78, 5) is 19.9. The van der Waals surface area contributed by atoms with Gasteiger partial charge in [0.2, 0.25) is 5.91 Å². The smallest absolute Gasteiger partial charge is 0.257 e. The van der Waals surface area contributed by atoms with E-state index in [1.165, 1.54) is 11.8 Å². The summed E-state index contributed by atoms with van der Waals surface area (Å²) in [6.07, 6.45) is 0.748. The first-order valence-electron chi connectivity index (χ1n) is 10.8. The maximum atomic E-state index is 13.4. The van der Waals surface area contributed by atoms with Crippen molar-refractivity contribution in [3.05, 3.63) is 83.4 Å². The predicted molar refractivity (Wildman–Crippen MR) is 128 cm³/mol. The number of rotatable bonds is 6. The standard InChI is InChI=1S/C26H24N2O4S/c1-30-22-14-18-12-13-28(24(29)16-33-26-27-20-10-6-7-11-21(20)32-26)25(17-8-4-3-5-9-17)19(18)15-23(22)31-2/h3-11,14-15,25H,12-13,16H2,1-2H3/t25-/m1/s1. The van der Waals surface area contributed by atoms with Crippen LogP contribution in [0.25, 0.3) is 11.1 Å². The summed E-state index contributed by atoms with van der Waals surface area (Å²) in [7, 11) is 3.27. The molecule has 33 heavy (non-hydrogen) atoms. The van der Waals surface area contributed by atoms with Crippen LogP contribution in [0.5, 0.6) is 11.5 Å². The van der Waals surface area contributed by atoms with Crippen LogP contribution < -0.4 is 9.47 Å². The summed E-state index contributed by atoms with van der Waals surface area (Å²) in [5, 5.41) is 0.504. The number of benzene rings is 3. The van der Waals surface area contributed by atoms with Crippen LogP contribution in [0, 0.1) is 0 Å². The number of hydrogen-bond acceptors (Lipinski definition) is 6. The van der Waals surface area contributed by atoms with Gasteiger partial charge in [0.25, 0.3) is 5.22 Å². The fraction of sp³-hybridized carbons (Fsp3) is 0.231. The van der Waals surface area contributed by atoms with Crippen molar-refractivity contribution in [2.24, 2.45) is 0 Å². The van der Waals surface area contributed by atoms with Gasteiger partial charge in [0.15, 0.2) is 17.1 Å². The molecule has 168 valence electrons. The lowest BCUT2D eigenvalue weighted by atomic mass is 9.87. The molecule has 1 aromatic heterocycles. The minimum absolute atomic E-state index is 0.0385. The largest absolute Gasteiger partial charge is 0.493 e. The number of oxazole rings is 1. The van der Waals surface area contributed by atoms with Gasteiger partial charge < -0.3 is 18.8 Å². The number of fused-ring (bicyclic) bond motifs is 2. The third kappa shape index (κ3) is 4.16. The fourth-order valence-corrected chi connectivity index (χ4v) is 5.05. The molecule has 1 aliphatic heterocycles. The van der Waals surface area contributed by atoms with E-state index >= 15 is 0 Å². The van der Waals surface area contributed by atoms with Gasteiger partial charge in [0.05, 0.1) is 26.0 Å². The van der Waals surface area contributed by atoms with Gasteiger partial charge >= 0.3 is 0 Å². The number of aromatic nitrogens is 1. The molecule has 2 heterocycles. The van der Waals surface area contributed by atoms with Crippen LogP contribution in [-0.2, 0) is 11.2 Å². The van der Waals surface area contributed by atoms with E-state index in [0.717, 1.165) is 34.2 Å². The molecular weight excluding hydrogens is 436 g/mol. The molecule has 3 aromatic carbocycles. The van der Waals surface area contributed by atoms with Gasteiger partial charge in [-0.05, 0) is 47.4 Å². The second-order valence-electron chi connectivity index (χ2n) is 7.79. The molecule has 0 bridgehead atoms. The van der Waals surface area contributed by atoms with E-state index in [9.17, 15) is 4.79 Å². The minimum Gasteiger partial charge on any atom is -0.493 e. The second kappa shape index (κ2) is 9.19. The lowest BCUT2D eigenvalue weighted by Gasteiger charge is -2.38. The Morgan fingerprint density at radius 1 is 1.06 bits per heavy atom. The Morgan fingerprint density at radius 3 is 2.55 bits per heavy atom. The van der Waals surface area contributed by atoms with Gasteiger partial charge in [0, 0.05) is 6.54 Å². The Hall–Kier alpha value is -3.45. The zero-order chi connectivity index (χ0) is 22.8. The monoisotopic (exact) mass is 460 g/mol. The number of thioether (sulfide) groups is 1. The molecule has 0 saturated carbocycles. The van der Waals surface area contributed by atoms with E-state index in [2.05, 4.69) is 17.1 Å². The van der Waals surface area contributed by atoms with E-state index in [4.69, 9.17) is 13.9 Å². The molecular formula is C26H24N2O4S. The molecule has 1 atom stereocenters. The van der Waals surface area contributed by atoms with Crippen LogP contribution in [0.3, 0.4) is 0 Å². The number of carbonyl (C=O) groups excluding carboxylic acids is 1. The van der Waals surface area contributed by atoms with Crippen molar-refractivity contribution >= 4 is 28.8 Å². The SMILES string of the molecule is COc1cc2c(cc1OC)[C@@H](c1ccccc1)N(C(=O)CSc1nc3ccccc3o1)CC2. The highest BCUT2D eigenvalue weighted by Gasteiger charge is 2.33. The van der Waals surface area contributed by atoms with Crippen LogP contribution in [0.2, 0.25) is 0 Å². The van der Waals surface area contributed by atoms with Crippen molar-refractivity contribution < 1.29 is 18.7 Å². The maximum Gasteiger partial charge on any atom is 0.257 e. The van der Waals surface area contributed by atoms with E-state index in [0.29, 0.717) is 23.3 Å². The Balaban J connectivity index is 1.45. The Bertz CT molecular complexity index is 1260. The van der Waals surface area contributed by atoms with E-state index in [1.54, 1.807) is 14.2 Å². The molecule has 0 unspecified atom stereocenters. The van der Waals surface area contributed by atoms with Crippen LogP contribution in [-0.4, -0.2) is 42.3 Å². The van der Waals surface area contributed by atoms with E-state index in [-0.39, 0.29) is 17.7 Å². The van der Waals surface area contributed by atoms with Crippen molar-refractivity contribution in [3.8, 4) is 11.5 Å². The molecule has 0 fully saturated rings. The predicted octanol–water partition coefficient (Wildman–Crippen LogP) is 5.11. The van der Waals surface area contributed by atoms with Crippen LogP contribution in [0.1, 0.15) is 22.7 Å². The third-order valence-corrected chi connectivity index (χ3v) is 6.72. The van der Waals surface area contributed by atoms with Crippen LogP contribution >= 0.6 is 11.8 Å². The van der Waals surface area contributed by atoms with Gasteiger partial charge in [-0.2, -0.15) is 0 Å². The zero-order valence-corrected chi connectivity index (χ0v) is 19.3. The summed E-state index contributed by atoms with van der Waals surface area (Å²) < 4.78 is 16.8.